The number of amides is 1. The lowest BCUT2D eigenvalue weighted by Gasteiger charge is -2.17. The van der Waals surface area contributed by atoms with Gasteiger partial charge in [0.25, 0.3) is 0 Å². The van der Waals surface area contributed by atoms with E-state index in [-0.39, 0.29) is 17.4 Å². The molecule has 0 radical (unpaired) electrons. The second kappa shape index (κ2) is 7.68. The summed E-state index contributed by atoms with van der Waals surface area (Å²) in [6.07, 6.45) is 2.27. The van der Waals surface area contributed by atoms with E-state index in [0.717, 1.165) is 12.0 Å². The van der Waals surface area contributed by atoms with Crippen molar-refractivity contribution in [3.05, 3.63) is 53.1 Å². The molecule has 2 rings (SSSR count). The van der Waals surface area contributed by atoms with Gasteiger partial charge < -0.3 is 15.5 Å². The molecule has 0 spiro atoms. The molecule has 4 nitrogen and oxygen atoms in total. The van der Waals surface area contributed by atoms with Gasteiger partial charge in [0.05, 0.1) is 0 Å². The number of hydrogen-bond donors (Lipinski definition) is 3. The van der Waals surface area contributed by atoms with E-state index in [0.29, 0.717) is 36.1 Å². The highest BCUT2D eigenvalue weighted by atomic mass is 16.3. The number of anilines is 1. The highest BCUT2D eigenvalue weighted by Gasteiger charge is 2.18. The van der Waals surface area contributed by atoms with E-state index in [4.69, 9.17) is 0 Å². The van der Waals surface area contributed by atoms with Crippen LogP contribution in [0.4, 0.5) is 5.69 Å². The Morgan fingerprint density at radius 1 is 1.09 bits per heavy atom. The first kappa shape index (κ1) is 16.9. The van der Waals surface area contributed by atoms with Crippen LogP contribution in [0.25, 0.3) is 0 Å². The number of phenols is 2. The number of phenolic OH excluding ortho intramolecular Hbond substituents is 2. The van der Waals surface area contributed by atoms with Gasteiger partial charge in [0.15, 0.2) is 11.5 Å². The van der Waals surface area contributed by atoms with Crippen molar-refractivity contribution in [3.8, 4) is 11.5 Å². The predicted molar refractivity (Wildman–Crippen MR) is 91.9 cm³/mol. The Morgan fingerprint density at radius 3 is 2.39 bits per heavy atom. The summed E-state index contributed by atoms with van der Waals surface area (Å²) in [5.74, 6) is -0.356. The quantitative estimate of drug-likeness (QED) is 0.558. The van der Waals surface area contributed by atoms with E-state index in [1.807, 2.05) is 37.3 Å². The molecule has 0 bridgehead atoms. The maximum absolute atomic E-state index is 11.8. The molecule has 122 valence electrons. The van der Waals surface area contributed by atoms with Crippen molar-refractivity contribution in [3.63, 3.8) is 0 Å². The molecule has 0 aromatic heterocycles. The van der Waals surface area contributed by atoms with E-state index in [1.165, 1.54) is 0 Å². The molecule has 0 fully saturated rings. The maximum atomic E-state index is 11.8. The molecule has 0 aliphatic rings. The van der Waals surface area contributed by atoms with Crippen LogP contribution >= 0.6 is 0 Å². The summed E-state index contributed by atoms with van der Waals surface area (Å²) in [5, 5.41) is 23.5. The van der Waals surface area contributed by atoms with Gasteiger partial charge >= 0.3 is 0 Å². The normalized spacial score (nSPS) is 10.5. The van der Waals surface area contributed by atoms with Crippen LogP contribution in [0.5, 0.6) is 11.5 Å². The Hall–Kier alpha value is -2.49. The number of hydrogen-bond acceptors (Lipinski definition) is 3. The van der Waals surface area contributed by atoms with Crippen molar-refractivity contribution in [2.45, 2.75) is 39.5 Å². The largest absolute Gasteiger partial charge is 0.504 e. The Labute approximate surface area is 136 Å². The molecule has 1 amide bonds. The minimum absolute atomic E-state index is 0.0905. The summed E-state index contributed by atoms with van der Waals surface area (Å²) in [6, 6.07) is 11.4. The standard InChI is InChI=1S/C19H23NO3/c1-3-8-14-12-16(20-17(21)4-2)15(19(23)18(14)22)11-13-9-6-5-7-10-13/h5-7,9-10,12,22-23H,3-4,8,11H2,1-2H3,(H,20,21). The number of aromatic hydroxyl groups is 2. The topological polar surface area (TPSA) is 69.6 Å². The molecule has 3 N–H and O–H groups in total. The van der Waals surface area contributed by atoms with Crippen LogP contribution in [-0.4, -0.2) is 16.1 Å². The van der Waals surface area contributed by atoms with Gasteiger partial charge in [0.1, 0.15) is 0 Å². The number of carbonyl (C=O) groups is 1. The van der Waals surface area contributed by atoms with Gasteiger partial charge in [0, 0.05) is 24.1 Å². The SMILES string of the molecule is CCCc1cc(NC(=O)CC)c(Cc2ccccc2)c(O)c1O. The number of benzene rings is 2. The first-order chi connectivity index (χ1) is 11.1. The monoisotopic (exact) mass is 313 g/mol. The smallest absolute Gasteiger partial charge is 0.224 e. The molecule has 0 aliphatic heterocycles. The molecule has 2 aromatic carbocycles. The number of rotatable bonds is 6. The molecule has 0 unspecified atom stereocenters. The van der Waals surface area contributed by atoms with Crippen molar-refractivity contribution in [1.82, 2.24) is 0 Å². The van der Waals surface area contributed by atoms with E-state index in [2.05, 4.69) is 5.32 Å². The molecule has 0 heterocycles. The third-order valence-corrected chi connectivity index (χ3v) is 3.80. The van der Waals surface area contributed by atoms with Crippen LogP contribution in [0, 0.1) is 0 Å². The van der Waals surface area contributed by atoms with Gasteiger partial charge in [-0.25, -0.2) is 0 Å². The number of aryl methyl sites for hydroxylation is 1. The van der Waals surface area contributed by atoms with E-state index in [9.17, 15) is 15.0 Å². The fraction of sp³-hybridized carbons (Fsp3) is 0.316. The summed E-state index contributed by atoms with van der Waals surface area (Å²) >= 11 is 0. The van der Waals surface area contributed by atoms with Crippen molar-refractivity contribution in [1.29, 1.82) is 0 Å². The van der Waals surface area contributed by atoms with Crippen LogP contribution in [0.3, 0.4) is 0 Å². The van der Waals surface area contributed by atoms with Gasteiger partial charge in [0.2, 0.25) is 5.91 Å². The third-order valence-electron chi connectivity index (χ3n) is 3.80. The van der Waals surface area contributed by atoms with E-state index < -0.39 is 0 Å². The lowest BCUT2D eigenvalue weighted by Crippen LogP contribution is -2.12. The second-order valence-corrected chi connectivity index (χ2v) is 5.57. The lowest BCUT2D eigenvalue weighted by molar-refractivity contribution is -0.115. The molecule has 0 saturated heterocycles. The highest BCUT2D eigenvalue weighted by molar-refractivity contribution is 5.92. The predicted octanol–water partition coefficient (Wildman–Crippen LogP) is 3.99. The third kappa shape index (κ3) is 4.03. The van der Waals surface area contributed by atoms with Gasteiger partial charge in [-0.3, -0.25) is 4.79 Å². The van der Waals surface area contributed by atoms with Crippen molar-refractivity contribution >= 4 is 11.6 Å². The van der Waals surface area contributed by atoms with Crippen molar-refractivity contribution < 1.29 is 15.0 Å². The first-order valence-electron chi connectivity index (χ1n) is 7.97. The molecular weight excluding hydrogens is 290 g/mol. The minimum Gasteiger partial charge on any atom is -0.504 e. The molecule has 4 heteroatoms. The summed E-state index contributed by atoms with van der Waals surface area (Å²) in [4.78, 5) is 11.8. The lowest BCUT2D eigenvalue weighted by atomic mass is 9.97. The average Bonchev–Trinajstić information content (AvgIpc) is 2.57. The van der Waals surface area contributed by atoms with Crippen LogP contribution in [0.1, 0.15) is 43.4 Å². The van der Waals surface area contributed by atoms with Gasteiger partial charge in [-0.05, 0) is 23.6 Å². The zero-order valence-electron chi connectivity index (χ0n) is 13.6. The Bertz CT molecular complexity index is 681. The number of nitrogens with one attached hydrogen (secondary N) is 1. The molecule has 0 aliphatic carbocycles. The maximum Gasteiger partial charge on any atom is 0.224 e. The zero-order chi connectivity index (χ0) is 16.8. The molecule has 0 atom stereocenters. The Morgan fingerprint density at radius 2 is 1.78 bits per heavy atom. The van der Waals surface area contributed by atoms with Crippen LogP contribution in [-0.2, 0) is 17.6 Å². The number of carbonyl (C=O) groups excluding carboxylic acids is 1. The summed E-state index contributed by atoms with van der Waals surface area (Å²) in [5.41, 5.74) is 2.75. The molecule has 2 aromatic rings. The summed E-state index contributed by atoms with van der Waals surface area (Å²) in [6.45, 7) is 3.78. The molecular formula is C19H23NO3. The zero-order valence-corrected chi connectivity index (χ0v) is 13.6. The highest BCUT2D eigenvalue weighted by Crippen LogP contribution is 2.39. The Kier molecular flexibility index (Phi) is 5.63. The molecule has 23 heavy (non-hydrogen) atoms. The minimum atomic E-state index is -0.147. The van der Waals surface area contributed by atoms with Crippen molar-refractivity contribution in [2.75, 3.05) is 5.32 Å². The van der Waals surface area contributed by atoms with Crippen molar-refractivity contribution in [2.24, 2.45) is 0 Å². The fourth-order valence-corrected chi connectivity index (χ4v) is 2.54. The average molecular weight is 313 g/mol. The van der Waals surface area contributed by atoms with Crippen LogP contribution < -0.4 is 5.32 Å². The second-order valence-electron chi connectivity index (χ2n) is 5.57. The summed E-state index contributed by atoms with van der Waals surface area (Å²) < 4.78 is 0. The molecule has 0 saturated carbocycles. The van der Waals surface area contributed by atoms with Gasteiger partial charge in [-0.15, -0.1) is 0 Å². The first-order valence-corrected chi connectivity index (χ1v) is 7.97. The van der Waals surface area contributed by atoms with E-state index in [1.54, 1.807) is 13.0 Å². The Balaban J connectivity index is 2.48. The van der Waals surface area contributed by atoms with Gasteiger partial charge in [-0.2, -0.15) is 0 Å². The fourth-order valence-electron chi connectivity index (χ4n) is 2.54. The van der Waals surface area contributed by atoms with Crippen LogP contribution in [0.2, 0.25) is 0 Å². The summed E-state index contributed by atoms with van der Waals surface area (Å²) in [7, 11) is 0. The van der Waals surface area contributed by atoms with Crippen LogP contribution in [0.15, 0.2) is 36.4 Å². The van der Waals surface area contributed by atoms with E-state index >= 15 is 0 Å². The van der Waals surface area contributed by atoms with Gasteiger partial charge in [-0.1, -0.05) is 50.6 Å².